The average molecular weight is 301 g/mol. The molecule has 2 aromatic carbocycles. The number of halogens is 1. The van der Waals surface area contributed by atoms with E-state index in [1.54, 1.807) is 0 Å². The molecule has 3 heteroatoms. The summed E-state index contributed by atoms with van der Waals surface area (Å²) in [7, 11) is 0. The molecule has 0 amide bonds. The van der Waals surface area contributed by atoms with Crippen LogP contribution in [-0.4, -0.2) is 0 Å². The van der Waals surface area contributed by atoms with Crippen LogP contribution < -0.4 is 5.32 Å². The quantitative estimate of drug-likeness (QED) is 0.920. The van der Waals surface area contributed by atoms with Crippen molar-refractivity contribution in [3.05, 3.63) is 63.6 Å². The molecule has 0 bridgehead atoms. The molecule has 0 radical (unpaired) electrons. The van der Waals surface area contributed by atoms with Crippen molar-refractivity contribution >= 4 is 21.6 Å². The van der Waals surface area contributed by atoms with E-state index < -0.39 is 0 Å². The van der Waals surface area contributed by atoms with Crippen molar-refractivity contribution < 1.29 is 0 Å². The van der Waals surface area contributed by atoms with Crippen LogP contribution in [0, 0.1) is 18.3 Å². The van der Waals surface area contributed by atoms with Crippen LogP contribution in [0.5, 0.6) is 0 Å². The average Bonchev–Trinajstić information content (AvgIpc) is 2.39. The molecule has 90 valence electrons. The molecule has 18 heavy (non-hydrogen) atoms. The van der Waals surface area contributed by atoms with Gasteiger partial charge in [-0.2, -0.15) is 5.26 Å². The van der Waals surface area contributed by atoms with Gasteiger partial charge >= 0.3 is 0 Å². The second-order valence-corrected chi connectivity index (χ2v) is 4.94. The minimum atomic E-state index is 0.706. The number of benzene rings is 2. The Hall–Kier alpha value is -1.79. The molecular weight excluding hydrogens is 288 g/mol. The molecule has 0 fully saturated rings. The summed E-state index contributed by atoms with van der Waals surface area (Å²) in [6.45, 7) is 2.78. The largest absolute Gasteiger partial charge is 0.380 e. The van der Waals surface area contributed by atoms with Crippen LogP contribution >= 0.6 is 15.9 Å². The Bertz CT molecular complexity index is 600. The highest BCUT2D eigenvalue weighted by Gasteiger charge is 2.01. The summed E-state index contributed by atoms with van der Waals surface area (Å²) in [4.78, 5) is 0. The normalized spacial score (nSPS) is 9.83. The van der Waals surface area contributed by atoms with Crippen LogP contribution in [-0.2, 0) is 6.54 Å². The third kappa shape index (κ3) is 2.91. The first-order valence-corrected chi connectivity index (χ1v) is 6.48. The number of rotatable bonds is 3. The summed E-state index contributed by atoms with van der Waals surface area (Å²) in [5.74, 6) is 0. The van der Waals surface area contributed by atoms with E-state index in [9.17, 15) is 0 Å². The first kappa shape index (κ1) is 12.7. The monoisotopic (exact) mass is 300 g/mol. The van der Waals surface area contributed by atoms with Crippen LogP contribution in [0.4, 0.5) is 5.69 Å². The van der Waals surface area contributed by atoms with E-state index in [0.717, 1.165) is 22.3 Å². The fraction of sp³-hybridized carbons (Fsp3) is 0.133. The van der Waals surface area contributed by atoms with Crippen molar-refractivity contribution in [2.75, 3.05) is 5.32 Å². The smallest absolute Gasteiger partial charge is 0.0991 e. The van der Waals surface area contributed by atoms with E-state index in [-0.39, 0.29) is 0 Å². The molecule has 0 spiro atoms. The molecule has 0 aliphatic carbocycles. The fourth-order valence-corrected chi connectivity index (χ4v) is 2.18. The van der Waals surface area contributed by atoms with Crippen molar-refractivity contribution in [2.45, 2.75) is 13.5 Å². The lowest BCUT2D eigenvalue weighted by molar-refractivity contribution is 1.11. The van der Waals surface area contributed by atoms with Gasteiger partial charge in [0.05, 0.1) is 11.6 Å². The SMILES string of the molecule is Cc1cc(C#N)ccc1CNc1ccccc1Br. The van der Waals surface area contributed by atoms with Crippen LogP contribution in [0.2, 0.25) is 0 Å². The molecule has 1 N–H and O–H groups in total. The number of nitrogens with one attached hydrogen (secondary N) is 1. The highest BCUT2D eigenvalue weighted by atomic mass is 79.9. The van der Waals surface area contributed by atoms with Crippen LogP contribution in [0.25, 0.3) is 0 Å². The summed E-state index contributed by atoms with van der Waals surface area (Å²) < 4.78 is 1.05. The van der Waals surface area contributed by atoms with Crippen LogP contribution in [0.15, 0.2) is 46.9 Å². The second-order valence-electron chi connectivity index (χ2n) is 4.09. The maximum Gasteiger partial charge on any atom is 0.0991 e. The molecule has 0 atom stereocenters. The summed E-state index contributed by atoms with van der Waals surface area (Å²) in [6.07, 6.45) is 0. The van der Waals surface area contributed by atoms with Crippen molar-refractivity contribution in [1.82, 2.24) is 0 Å². The Morgan fingerprint density at radius 1 is 1.22 bits per heavy atom. The highest BCUT2D eigenvalue weighted by Crippen LogP contribution is 2.22. The summed E-state index contributed by atoms with van der Waals surface area (Å²) in [6, 6.07) is 15.9. The second kappa shape index (κ2) is 5.70. The molecule has 0 saturated carbocycles. The maximum atomic E-state index is 8.83. The van der Waals surface area contributed by atoms with Gasteiger partial charge in [0.2, 0.25) is 0 Å². The molecule has 2 aromatic rings. The fourth-order valence-electron chi connectivity index (χ4n) is 1.76. The zero-order valence-corrected chi connectivity index (χ0v) is 11.7. The molecule has 2 nitrogen and oxygen atoms in total. The zero-order chi connectivity index (χ0) is 13.0. The molecule has 0 saturated heterocycles. The minimum Gasteiger partial charge on any atom is -0.380 e. The van der Waals surface area contributed by atoms with Gasteiger partial charge in [-0.05, 0) is 58.2 Å². The van der Waals surface area contributed by atoms with E-state index in [4.69, 9.17) is 5.26 Å². The predicted octanol–water partition coefficient (Wildman–Crippen LogP) is 4.24. The van der Waals surface area contributed by atoms with Gasteiger partial charge < -0.3 is 5.32 Å². The molecule has 2 rings (SSSR count). The maximum absolute atomic E-state index is 8.83. The number of anilines is 1. The minimum absolute atomic E-state index is 0.706. The summed E-state index contributed by atoms with van der Waals surface area (Å²) in [5, 5.41) is 12.2. The molecule has 0 aliphatic heterocycles. The van der Waals surface area contributed by atoms with E-state index in [2.05, 4.69) is 27.3 Å². The number of nitrogens with zero attached hydrogens (tertiary/aromatic N) is 1. The topological polar surface area (TPSA) is 35.8 Å². The van der Waals surface area contributed by atoms with Crippen molar-refractivity contribution in [3.8, 4) is 6.07 Å². The molecule has 0 aliphatic rings. The van der Waals surface area contributed by atoms with Crippen LogP contribution in [0.3, 0.4) is 0 Å². The van der Waals surface area contributed by atoms with Gasteiger partial charge in [0.15, 0.2) is 0 Å². The van der Waals surface area contributed by atoms with Crippen LogP contribution in [0.1, 0.15) is 16.7 Å². The highest BCUT2D eigenvalue weighted by molar-refractivity contribution is 9.10. The molecule has 0 aromatic heterocycles. The Morgan fingerprint density at radius 2 is 2.00 bits per heavy atom. The van der Waals surface area contributed by atoms with Crippen molar-refractivity contribution in [1.29, 1.82) is 5.26 Å². The third-order valence-corrected chi connectivity index (χ3v) is 3.51. The van der Waals surface area contributed by atoms with Gasteiger partial charge in [-0.1, -0.05) is 18.2 Å². The first-order chi connectivity index (χ1) is 8.70. The predicted molar refractivity (Wildman–Crippen MR) is 77.4 cm³/mol. The summed E-state index contributed by atoms with van der Waals surface area (Å²) >= 11 is 3.51. The lowest BCUT2D eigenvalue weighted by atomic mass is 10.1. The van der Waals surface area contributed by atoms with Crippen molar-refractivity contribution in [2.24, 2.45) is 0 Å². The zero-order valence-electron chi connectivity index (χ0n) is 10.1. The third-order valence-electron chi connectivity index (χ3n) is 2.81. The number of aryl methyl sites for hydroxylation is 1. The lowest BCUT2D eigenvalue weighted by Gasteiger charge is -2.10. The number of hydrogen-bond acceptors (Lipinski definition) is 2. The van der Waals surface area contributed by atoms with Gasteiger partial charge in [-0.3, -0.25) is 0 Å². The number of nitriles is 1. The Kier molecular flexibility index (Phi) is 4.01. The van der Waals surface area contributed by atoms with Gasteiger partial charge in [0.1, 0.15) is 0 Å². The Balaban J connectivity index is 2.12. The van der Waals surface area contributed by atoms with E-state index in [1.807, 2.05) is 49.4 Å². The number of para-hydroxylation sites is 1. The molecular formula is C15H13BrN2. The molecule has 0 unspecified atom stereocenters. The van der Waals surface area contributed by atoms with E-state index in [0.29, 0.717) is 5.56 Å². The van der Waals surface area contributed by atoms with Gasteiger partial charge in [-0.15, -0.1) is 0 Å². The lowest BCUT2D eigenvalue weighted by Crippen LogP contribution is -2.02. The van der Waals surface area contributed by atoms with Gasteiger partial charge in [0.25, 0.3) is 0 Å². The Labute approximate surface area is 115 Å². The van der Waals surface area contributed by atoms with E-state index >= 15 is 0 Å². The Morgan fingerprint density at radius 3 is 2.67 bits per heavy atom. The number of hydrogen-bond donors (Lipinski definition) is 1. The first-order valence-electron chi connectivity index (χ1n) is 5.69. The van der Waals surface area contributed by atoms with Gasteiger partial charge in [-0.25, -0.2) is 0 Å². The van der Waals surface area contributed by atoms with Crippen molar-refractivity contribution in [3.63, 3.8) is 0 Å². The van der Waals surface area contributed by atoms with E-state index in [1.165, 1.54) is 5.56 Å². The molecule has 0 heterocycles. The standard InChI is InChI=1S/C15H13BrN2/c1-11-8-12(9-17)6-7-13(11)10-18-15-5-3-2-4-14(15)16/h2-8,18H,10H2,1H3. The summed E-state index contributed by atoms with van der Waals surface area (Å²) in [5.41, 5.74) is 4.11. The van der Waals surface area contributed by atoms with Gasteiger partial charge in [0, 0.05) is 16.7 Å².